The Hall–Kier alpha value is 0.0700. The van der Waals surface area contributed by atoms with E-state index in [9.17, 15) is 0 Å². The van der Waals surface area contributed by atoms with E-state index in [1.54, 1.807) is 0 Å². The van der Waals surface area contributed by atoms with Crippen LogP contribution in [0.15, 0.2) is 4.60 Å². The minimum absolute atomic E-state index is 0.698. The molecule has 0 saturated heterocycles. The van der Waals surface area contributed by atoms with E-state index in [0.717, 1.165) is 16.9 Å². The van der Waals surface area contributed by atoms with Crippen molar-refractivity contribution in [1.82, 2.24) is 4.98 Å². The van der Waals surface area contributed by atoms with Gasteiger partial charge in [0.05, 0.1) is 5.01 Å². The molecule has 0 aliphatic heterocycles. The molecule has 2 rings (SSSR count). The summed E-state index contributed by atoms with van der Waals surface area (Å²) in [5.41, 5.74) is 5.46. The van der Waals surface area contributed by atoms with Crippen LogP contribution in [0, 0.1) is 0 Å². The molecule has 0 atom stereocenters. The molecule has 1 fully saturated rings. The van der Waals surface area contributed by atoms with Crippen molar-refractivity contribution in [2.24, 2.45) is 5.73 Å². The lowest BCUT2D eigenvalue weighted by Crippen LogP contribution is -2.01. The lowest BCUT2D eigenvalue weighted by molar-refractivity contribution is 0.947. The van der Waals surface area contributed by atoms with Crippen LogP contribution in [0.5, 0.6) is 0 Å². The number of halogens is 1. The Morgan fingerprint density at radius 2 is 2.33 bits per heavy atom. The van der Waals surface area contributed by atoms with E-state index in [0.29, 0.717) is 6.54 Å². The molecule has 0 amide bonds. The Morgan fingerprint density at radius 1 is 1.58 bits per heavy atom. The Labute approximate surface area is 84.3 Å². The zero-order valence-corrected chi connectivity index (χ0v) is 9.12. The Bertz CT molecular complexity index is 281. The van der Waals surface area contributed by atoms with Crippen molar-refractivity contribution in [3.63, 3.8) is 0 Å². The summed E-state index contributed by atoms with van der Waals surface area (Å²) in [6.07, 6.45) is 3.59. The van der Waals surface area contributed by atoms with E-state index in [-0.39, 0.29) is 0 Å². The molecule has 0 aromatic carbocycles. The van der Waals surface area contributed by atoms with Gasteiger partial charge in [-0.2, -0.15) is 0 Å². The fourth-order valence-corrected chi connectivity index (χ4v) is 3.23. The fraction of sp³-hybridized carbons (Fsp3) is 0.625. The van der Waals surface area contributed by atoms with Gasteiger partial charge in [0.1, 0.15) is 4.60 Å². The molecular weight excluding hydrogens is 236 g/mol. The molecule has 1 aromatic rings. The average Bonchev–Trinajstić information content (AvgIpc) is 2.79. The normalized spacial score (nSPS) is 16.8. The van der Waals surface area contributed by atoms with Gasteiger partial charge in [-0.3, -0.25) is 0 Å². The molecule has 0 bridgehead atoms. The summed E-state index contributed by atoms with van der Waals surface area (Å²) < 4.78 is 1.05. The third kappa shape index (κ3) is 1.70. The van der Waals surface area contributed by atoms with Crippen molar-refractivity contribution in [1.29, 1.82) is 0 Å². The fourth-order valence-electron chi connectivity index (χ4n) is 1.18. The van der Waals surface area contributed by atoms with Crippen LogP contribution >= 0.6 is 27.3 Å². The highest BCUT2D eigenvalue weighted by Gasteiger charge is 2.28. The first-order valence-electron chi connectivity index (χ1n) is 4.16. The first-order valence-corrected chi connectivity index (χ1v) is 5.77. The van der Waals surface area contributed by atoms with Crippen LogP contribution in [-0.2, 0) is 6.42 Å². The summed E-state index contributed by atoms with van der Waals surface area (Å²) in [6, 6.07) is 0. The van der Waals surface area contributed by atoms with Crippen LogP contribution in [0.3, 0.4) is 0 Å². The van der Waals surface area contributed by atoms with Gasteiger partial charge >= 0.3 is 0 Å². The van der Waals surface area contributed by atoms with Crippen LogP contribution in [0.25, 0.3) is 0 Å². The van der Waals surface area contributed by atoms with E-state index >= 15 is 0 Å². The summed E-state index contributed by atoms with van der Waals surface area (Å²) >= 11 is 5.30. The molecule has 1 saturated carbocycles. The van der Waals surface area contributed by atoms with Gasteiger partial charge in [-0.15, -0.1) is 11.3 Å². The van der Waals surface area contributed by atoms with Crippen LogP contribution in [0.1, 0.15) is 28.6 Å². The van der Waals surface area contributed by atoms with Gasteiger partial charge in [0, 0.05) is 11.3 Å². The van der Waals surface area contributed by atoms with Gasteiger partial charge < -0.3 is 5.73 Å². The van der Waals surface area contributed by atoms with E-state index in [2.05, 4.69) is 20.9 Å². The number of hydrogen-bond acceptors (Lipinski definition) is 3. The molecule has 12 heavy (non-hydrogen) atoms. The molecule has 0 unspecified atom stereocenters. The van der Waals surface area contributed by atoms with Crippen LogP contribution < -0.4 is 5.73 Å². The van der Waals surface area contributed by atoms with Gasteiger partial charge in [0.2, 0.25) is 0 Å². The first kappa shape index (κ1) is 8.66. The highest BCUT2D eigenvalue weighted by molar-refractivity contribution is 9.10. The van der Waals surface area contributed by atoms with Gasteiger partial charge in [-0.25, -0.2) is 4.98 Å². The first-order chi connectivity index (χ1) is 5.81. The predicted octanol–water partition coefficient (Wildman–Crippen LogP) is 2.28. The number of nitrogens with zero attached hydrogens (tertiary/aromatic N) is 1. The van der Waals surface area contributed by atoms with Crippen LogP contribution in [0.2, 0.25) is 0 Å². The number of aromatic nitrogens is 1. The minimum Gasteiger partial charge on any atom is -0.330 e. The predicted molar refractivity (Wildman–Crippen MR) is 54.5 cm³/mol. The Morgan fingerprint density at radius 3 is 2.92 bits per heavy atom. The molecule has 1 aromatic heterocycles. The van der Waals surface area contributed by atoms with E-state index in [1.807, 2.05) is 11.3 Å². The largest absolute Gasteiger partial charge is 0.330 e. The lowest BCUT2D eigenvalue weighted by atomic mass is 10.4. The highest BCUT2D eigenvalue weighted by atomic mass is 79.9. The van der Waals surface area contributed by atoms with Crippen molar-refractivity contribution in [2.75, 3.05) is 6.54 Å². The summed E-state index contributed by atoms with van der Waals surface area (Å²) in [5.74, 6) is 0.795. The third-order valence-electron chi connectivity index (χ3n) is 1.96. The lowest BCUT2D eigenvalue weighted by Gasteiger charge is -1.87. The molecule has 1 aliphatic carbocycles. The quantitative estimate of drug-likeness (QED) is 0.889. The Balaban J connectivity index is 2.18. The second-order valence-corrected chi connectivity index (χ2v) is 4.94. The van der Waals surface area contributed by atoms with Crippen molar-refractivity contribution in [3.05, 3.63) is 14.5 Å². The summed E-state index contributed by atoms with van der Waals surface area (Å²) in [4.78, 5) is 5.85. The average molecular weight is 247 g/mol. The Kier molecular flexibility index (Phi) is 2.48. The van der Waals surface area contributed by atoms with Crippen molar-refractivity contribution in [3.8, 4) is 0 Å². The van der Waals surface area contributed by atoms with Gasteiger partial charge in [-0.1, -0.05) is 0 Å². The van der Waals surface area contributed by atoms with E-state index < -0.39 is 0 Å². The molecule has 0 radical (unpaired) electrons. The number of rotatable bonds is 3. The van der Waals surface area contributed by atoms with Gasteiger partial charge in [-0.05, 0) is 41.2 Å². The van der Waals surface area contributed by atoms with Crippen molar-refractivity contribution >= 4 is 27.3 Å². The molecule has 2 nitrogen and oxygen atoms in total. The monoisotopic (exact) mass is 246 g/mol. The third-order valence-corrected chi connectivity index (χ3v) is 4.10. The maximum atomic E-state index is 5.46. The number of nitrogens with two attached hydrogens (primary N) is 1. The SMILES string of the molecule is NCCc1nc(Br)c(C2CC2)s1. The summed E-state index contributed by atoms with van der Waals surface area (Å²) in [6.45, 7) is 0.698. The standard InChI is InChI=1S/C8H11BrN2S/c9-8-7(5-1-2-5)12-6(11-8)3-4-10/h5H,1-4,10H2. The minimum atomic E-state index is 0.698. The number of hydrogen-bond donors (Lipinski definition) is 1. The van der Waals surface area contributed by atoms with Gasteiger partial charge in [0.15, 0.2) is 0 Å². The summed E-state index contributed by atoms with van der Waals surface area (Å²) in [5, 5.41) is 1.17. The molecule has 0 spiro atoms. The van der Waals surface area contributed by atoms with Crippen LogP contribution in [0.4, 0.5) is 0 Å². The molecule has 2 N–H and O–H groups in total. The maximum Gasteiger partial charge on any atom is 0.120 e. The highest BCUT2D eigenvalue weighted by Crippen LogP contribution is 2.45. The second kappa shape index (κ2) is 3.44. The molecule has 1 heterocycles. The second-order valence-electron chi connectivity index (χ2n) is 3.08. The van der Waals surface area contributed by atoms with E-state index in [4.69, 9.17) is 5.73 Å². The van der Waals surface area contributed by atoms with Crippen molar-refractivity contribution < 1.29 is 0 Å². The van der Waals surface area contributed by atoms with E-state index in [1.165, 1.54) is 22.7 Å². The topological polar surface area (TPSA) is 38.9 Å². The zero-order valence-electron chi connectivity index (χ0n) is 6.72. The van der Waals surface area contributed by atoms with Crippen molar-refractivity contribution in [2.45, 2.75) is 25.2 Å². The maximum absolute atomic E-state index is 5.46. The molecular formula is C8H11BrN2S. The van der Waals surface area contributed by atoms with Crippen LogP contribution in [-0.4, -0.2) is 11.5 Å². The molecule has 1 aliphatic rings. The summed E-state index contributed by atoms with van der Waals surface area (Å²) in [7, 11) is 0. The molecule has 4 heteroatoms. The smallest absolute Gasteiger partial charge is 0.120 e. The zero-order chi connectivity index (χ0) is 8.55. The molecule has 66 valence electrons. The van der Waals surface area contributed by atoms with Gasteiger partial charge in [0.25, 0.3) is 0 Å². The number of thiazole rings is 1.